The zero-order chi connectivity index (χ0) is 18.8. The molecule has 2 saturated heterocycles. The molecule has 0 amide bonds. The van der Waals surface area contributed by atoms with Gasteiger partial charge in [-0.15, -0.1) is 0 Å². The molecule has 0 saturated carbocycles. The number of pyridine rings is 2. The van der Waals surface area contributed by atoms with E-state index in [0.717, 1.165) is 57.3 Å². The summed E-state index contributed by atoms with van der Waals surface area (Å²) in [6.45, 7) is 3.43. The van der Waals surface area contributed by atoms with Gasteiger partial charge in [-0.05, 0) is 36.3 Å². The predicted octanol–water partition coefficient (Wildman–Crippen LogP) is 4.18. The Balaban J connectivity index is 1.33. The molecule has 0 aliphatic carbocycles. The van der Waals surface area contributed by atoms with Crippen LogP contribution in [0.2, 0.25) is 0 Å². The lowest BCUT2D eigenvalue weighted by molar-refractivity contribution is 0.0840. The van der Waals surface area contributed by atoms with E-state index in [0.29, 0.717) is 5.92 Å². The van der Waals surface area contributed by atoms with E-state index < -0.39 is 0 Å². The molecule has 0 N–H and O–H groups in total. The number of nitrogens with zero attached hydrogens (tertiary/aromatic N) is 3. The first-order chi connectivity index (χ1) is 13.9. The molecule has 1 atom stereocenters. The molecule has 28 heavy (non-hydrogen) atoms. The van der Waals surface area contributed by atoms with E-state index in [9.17, 15) is 0 Å². The van der Waals surface area contributed by atoms with Crippen LogP contribution in [0.1, 0.15) is 30.7 Å². The lowest BCUT2D eigenvalue weighted by atomic mass is 9.92. The van der Waals surface area contributed by atoms with Crippen molar-refractivity contribution in [2.75, 3.05) is 31.2 Å². The van der Waals surface area contributed by atoms with E-state index in [2.05, 4.69) is 51.3 Å². The molecule has 2 fully saturated rings. The maximum Gasteiger partial charge on any atom is 0.217 e. The van der Waals surface area contributed by atoms with Crippen molar-refractivity contribution in [2.24, 2.45) is 0 Å². The summed E-state index contributed by atoms with van der Waals surface area (Å²) >= 11 is 0. The summed E-state index contributed by atoms with van der Waals surface area (Å²) in [6.07, 6.45) is 6.92. The highest BCUT2D eigenvalue weighted by atomic mass is 16.5. The normalized spacial score (nSPS) is 20.6. The van der Waals surface area contributed by atoms with Gasteiger partial charge in [0.15, 0.2) is 0 Å². The Bertz CT molecular complexity index is 950. The van der Waals surface area contributed by atoms with E-state index in [1.165, 1.54) is 16.3 Å². The molecule has 5 rings (SSSR count). The summed E-state index contributed by atoms with van der Waals surface area (Å²) in [5.41, 5.74) is 1.23. The molecule has 0 radical (unpaired) electrons. The molecule has 5 heteroatoms. The SMILES string of the molecule is c1cnc(O[C@@H]2CCN(c3nccc4ccccc34)C2)c(C2CCOCC2)c1. The van der Waals surface area contributed by atoms with Crippen LogP contribution in [0.25, 0.3) is 10.8 Å². The van der Waals surface area contributed by atoms with Crippen LogP contribution in [0, 0.1) is 0 Å². The molecule has 0 bridgehead atoms. The molecule has 2 aliphatic rings. The predicted molar refractivity (Wildman–Crippen MR) is 110 cm³/mol. The van der Waals surface area contributed by atoms with Gasteiger partial charge in [-0.2, -0.15) is 0 Å². The number of rotatable bonds is 4. The van der Waals surface area contributed by atoms with Crippen molar-refractivity contribution in [2.45, 2.75) is 31.3 Å². The molecule has 0 unspecified atom stereocenters. The van der Waals surface area contributed by atoms with Gasteiger partial charge in [0.25, 0.3) is 0 Å². The Hall–Kier alpha value is -2.66. The Morgan fingerprint density at radius 1 is 0.929 bits per heavy atom. The fourth-order valence-electron chi connectivity index (χ4n) is 4.35. The topological polar surface area (TPSA) is 47.5 Å². The van der Waals surface area contributed by atoms with Crippen LogP contribution in [0.5, 0.6) is 5.88 Å². The Morgan fingerprint density at radius 3 is 2.75 bits per heavy atom. The third-order valence-electron chi connectivity index (χ3n) is 5.84. The number of aromatic nitrogens is 2. The maximum absolute atomic E-state index is 6.40. The highest BCUT2D eigenvalue weighted by Gasteiger charge is 2.28. The Labute approximate surface area is 165 Å². The fourth-order valence-corrected chi connectivity index (χ4v) is 4.35. The van der Waals surface area contributed by atoms with Gasteiger partial charge in [-0.25, -0.2) is 9.97 Å². The highest BCUT2D eigenvalue weighted by molar-refractivity contribution is 5.92. The summed E-state index contributed by atoms with van der Waals surface area (Å²) in [7, 11) is 0. The van der Waals surface area contributed by atoms with Crippen molar-refractivity contribution >= 4 is 16.6 Å². The van der Waals surface area contributed by atoms with Crippen molar-refractivity contribution in [1.82, 2.24) is 9.97 Å². The van der Waals surface area contributed by atoms with E-state index in [1.807, 2.05) is 18.5 Å². The zero-order valence-corrected chi connectivity index (χ0v) is 16.0. The summed E-state index contributed by atoms with van der Waals surface area (Å²) < 4.78 is 11.9. The lowest BCUT2D eigenvalue weighted by Crippen LogP contribution is -2.26. The van der Waals surface area contributed by atoms with Gasteiger partial charge in [-0.3, -0.25) is 0 Å². The maximum atomic E-state index is 6.40. The largest absolute Gasteiger partial charge is 0.472 e. The molecule has 144 valence electrons. The number of benzene rings is 1. The molecule has 5 nitrogen and oxygen atoms in total. The molecule has 2 aliphatic heterocycles. The Morgan fingerprint density at radius 2 is 1.82 bits per heavy atom. The molecule has 1 aromatic carbocycles. The molecular formula is C23H25N3O2. The second kappa shape index (κ2) is 7.76. The van der Waals surface area contributed by atoms with Crippen LogP contribution < -0.4 is 9.64 Å². The van der Waals surface area contributed by atoms with Gasteiger partial charge in [0.05, 0.1) is 6.54 Å². The second-order valence-electron chi connectivity index (χ2n) is 7.61. The van der Waals surface area contributed by atoms with E-state index in [4.69, 9.17) is 9.47 Å². The monoisotopic (exact) mass is 375 g/mol. The van der Waals surface area contributed by atoms with Crippen LogP contribution >= 0.6 is 0 Å². The summed E-state index contributed by atoms with van der Waals surface area (Å²) in [5.74, 6) is 2.33. The number of fused-ring (bicyclic) bond motifs is 1. The van der Waals surface area contributed by atoms with Gasteiger partial charge < -0.3 is 14.4 Å². The third kappa shape index (κ3) is 3.42. The van der Waals surface area contributed by atoms with Crippen molar-refractivity contribution in [3.8, 4) is 5.88 Å². The van der Waals surface area contributed by atoms with Crippen LogP contribution in [0.4, 0.5) is 5.82 Å². The minimum absolute atomic E-state index is 0.134. The first kappa shape index (κ1) is 17.4. The molecule has 4 heterocycles. The summed E-state index contributed by atoms with van der Waals surface area (Å²) in [5, 5.41) is 2.43. The van der Waals surface area contributed by atoms with Crippen molar-refractivity contribution in [1.29, 1.82) is 0 Å². The van der Waals surface area contributed by atoms with E-state index in [1.54, 1.807) is 0 Å². The highest BCUT2D eigenvalue weighted by Crippen LogP contribution is 2.34. The molecular weight excluding hydrogens is 350 g/mol. The summed E-state index contributed by atoms with van der Waals surface area (Å²) in [4.78, 5) is 11.6. The van der Waals surface area contributed by atoms with E-state index >= 15 is 0 Å². The van der Waals surface area contributed by atoms with Crippen LogP contribution in [0.3, 0.4) is 0 Å². The van der Waals surface area contributed by atoms with Crippen LogP contribution in [0.15, 0.2) is 54.9 Å². The average Bonchev–Trinajstić information content (AvgIpc) is 3.23. The first-order valence-corrected chi connectivity index (χ1v) is 10.2. The minimum atomic E-state index is 0.134. The smallest absolute Gasteiger partial charge is 0.217 e. The van der Waals surface area contributed by atoms with Crippen LogP contribution in [-0.2, 0) is 4.74 Å². The third-order valence-corrected chi connectivity index (χ3v) is 5.84. The fraction of sp³-hybridized carbons (Fsp3) is 0.391. The average molecular weight is 375 g/mol. The quantitative estimate of drug-likeness (QED) is 0.685. The van der Waals surface area contributed by atoms with Crippen LogP contribution in [-0.4, -0.2) is 42.4 Å². The molecule has 0 spiro atoms. The van der Waals surface area contributed by atoms with Crippen molar-refractivity contribution in [3.05, 3.63) is 60.4 Å². The summed E-state index contributed by atoms with van der Waals surface area (Å²) in [6, 6.07) is 14.7. The molecule has 3 aromatic rings. The van der Waals surface area contributed by atoms with Gasteiger partial charge in [-0.1, -0.05) is 30.3 Å². The zero-order valence-electron chi connectivity index (χ0n) is 16.0. The van der Waals surface area contributed by atoms with Gasteiger partial charge in [0.2, 0.25) is 5.88 Å². The Kier molecular flexibility index (Phi) is 4.83. The van der Waals surface area contributed by atoms with Gasteiger partial charge in [0, 0.05) is 49.5 Å². The lowest BCUT2D eigenvalue weighted by Gasteiger charge is -2.25. The molecule has 2 aromatic heterocycles. The van der Waals surface area contributed by atoms with Crippen molar-refractivity contribution < 1.29 is 9.47 Å². The number of anilines is 1. The number of hydrogen-bond acceptors (Lipinski definition) is 5. The van der Waals surface area contributed by atoms with Gasteiger partial charge >= 0.3 is 0 Å². The van der Waals surface area contributed by atoms with E-state index in [-0.39, 0.29) is 6.10 Å². The standard InChI is InChI=1S/C23H25N3O2/c1-2-5-20-17(4-1)7-12-24-22(20)26-13-8-19(16-26)28-23-21(6-3-11-25-23)18-9-14-27-15-10-18/h1-7,11-12,18-19H,8-10,13-16H2/t19-/m1/s1. The van der Waals surface area contributed by atoms with Gasteiger partial charge in [0.1, 0.15) is 11.9 Å². The minimum Gasteiger partial charge on any atom is -0.472 e. The number of ether oxygens (including phenoxy) is 2. The first-order valence-electron chi connectivity index (χ1n) is 10.2. The van der Waals surface area contributed by atoms with Crippen molar-refractivity contribution in [3.63, 3.8) is 0 Å². The second-order valence-corrected chi connectivity index (χ2v) is 7.61. The number of hydrogen-bond donors (Lipinski definition) is 0.